The summed E-state index contributed by atoms with van der Waals surface area (Å²) in [5.41, 5.74) is 0.437. The lowest BCUT2D eigenvalue weighted by Crippen LogP contribution is -2.36. The molecule has 0 aliphatic heterocycles. The third-order valence-corrected chi connectivity index (χ3v) is 3.07. The Balaban J connectivity index is 2.66. The molecular formula is C16H21F3N2O2. The number of hydrogen-bond donors (Lipinski definition) is 1. The Labute approximate surface area is 133 Å². The molecule has 0 radical (unpaired) electrons. The van der Waals surface area contributed by atoms with E-state index in [0.29, 0.717) is 6.54 Å². The van der Waals surface area contributed by atoms with E-state index in [0.717, 1.165) is 5.56 Å². The van der Waals surface area contributed by atoms with Crippen LogP contribution in [0.2, 0.25) is 0 Å². The first-order chi connectivity index (χ1) is 10.4. The van der Waals surface area contributed by atoms with Gasteiger partial charge in [-0.1, -0.05) is 32.9 Å². The van der Waals surface area contributed by atoms with Gasteiger partial charge in [0.15, 0.2) is 0 Å². The molecule has 0 aliphatic rings. The van der Waals surface area contributed by atoms with Crippen molar-refractivity contribution in [2.45, 2.75) is 33.5 Å². The standard InChI is InChI=1S/C16H21F3N2O2/c1-15(2,3)14(23)21(4)9-11-5-7-12(8-6-11)13(22)20-10-16(17,18)19/h5-8H,9-10H2,1-4H3,(H,20,22). The fourth-order valence-corrected chi connectivity index (χ4v) is 1.96. The van der Waals surface area contributed by atoms with Gasteiger partial charge in [0.05, 0.1) is 0 Å². The largest absolute Gasteiger partial charge is 0.405 e. The van der Waals surface area contributed by atoms with Crippen molar-refractivity contribution in [3.63, 3.8) is 0 Å². The molecule has 0 spiro atoms. The van der Waals surface area contributed by atoms with Crippen molar-refractivity contribution in [2.24, 2.45) is 5.41 Å². The summed E-state index contributed by atoms with van der Waals surface area (Å²) in [5.74, 6) is -0.808. The van der Waals surface area contributed by atoms with Crippen molar-refractivity contribution in [3.05, 3.63) is 35.4 Å². The van der Waals surface area contributed by atoms with Crippen molar-refractivity contribution < 1.29 is 22.8 Å². The van der Waals surface area contributed by atoms with Gasteiger partial charge in [0.1, 0.15) is 6.54 Å². The lowest BCUT2D eigenvalue weighted by Gasteiger charge is -2.26. The summed E-state index contributed by atoms with van der Waals surface area (Å²) in [4.78, 5) is 25.2. The number of carbonyl (C=O) groups is 2. The van der Waals surface area contributed by atoms with E-state index < -0.39 is 24.0 Å². The maximum Gasteiger partial charge on any atom is 0.405 e. The van der Waals surface area contributed by atoms with Gasteiger partial charge in [0.2, 0.25) is 5.91 Å². The van der Waals surface area contributed by atoms with Crippen LogP contribution in [0.5, 0.6) is 0 Å². The van der Waals surface area contributed by atoms with Crippen molar-refractivity contribution in [3.8, 4) is 0 Å². The van der Waals surface area contributed by atoms with Crippen LogP contribution in [-0.4, -0.2) is 36.5 Å². The molecule has 0 aliphatic carbocycles. The Hall–Kier alpha value is -2.05. The van der Waals surface area contributed by atoms with E-state index in [1.54, 1.807) is 24.1 Å². The summed E-state index contributed by atoms with van der Waals surface area (Å²) in [7, 11) is 1.68. The highest BCUT2D eigenvalue weighted by Crippen LogP contribution is 2.18. The van der Waals surface area contributed by atoms with Gasteiger partial charge in [-0.2, -0.15) is 13.2 Å². The van der Waals surface area contributed by atoms with Gasteiger partial charge >= 0.3 is 6.18 Å². The molecule has 0 unspecified atom stereocenters. The van der Waals surface area contributed by atoms with Crippen LogP contribution in [0.15, 0.2) is 24.3 Å². The van der Waals surface area contributed by atoms with Gasteiger partial charge in [0.25, 0.3) is 5.91 Å². The SMILES string of the molecule is CN(Cc1ccc(C(=O)NCC(F)(F)F)cc1)C(=O)C(C)(C)C. The van der Waals surface area contributed by atoms with E-state index in [-0.39, 0.29) is 11.5 Å². The molecule has 2 amide bonds. The number of benzene rings is 1. The van der Waals surface area contributed by atoms with Gasteiger partial charge in [-0.25, -0.2) is 0 Å². The maximum absolute atomic E-state index is 12.1. The summed E-state index contributed by atoms with van der Waals surface area (Å²) < 4.78 is 36.2. The number of amides is 2. The molecule has 0 saturated heterocycles. The summed E-state index contributed by atoms with van der Waals surface area (Å²) in [6.45, 7) is 4.46. The summed E-state index contributed by atoms with van der Waals surface area (Å²) in [6, 6.07) is 6.12. The Bertz CT molecular complexity index is 560. The summed E-state index contributed by atoms with van der Waals surface area (Å²) in [6.07, 6.45) is -4.44. The normalized spacial score (nSPS) is 12.0. The van der Waals surface area contributed by atoms with Crippen LogP contribution in [0.1, 0.15) is 36.7 Å². The zero-order valence-electron chi connectivity index (χ0n) is 13.6. The predicted octanol–water partition coefficient (Wildman–Crippen LogP) is 2.98. The topological polar surface area (TPSA) is 49.4 Å². The quantitative estimate of drug-likeness (QED) is 0.923. The molecule has 0 aromatic heterocycles. The molecule has 0 bridgehead atoms. The van der Waals surface area contributed by atoms with Gasteiger partial charge in [-0.15, -0.1) is 0 Å². The van der Waals surface area contributed by atoms with Gasteiger partial charge in [-0.05, 0) is 17.7 Å². The zero-order valence-corrected chi connectivity index (χ0v) is 13.6. The predicted molar refractivity (Wildman–Crippen MR) is 80.8 cm³/mol. The first-order valence-corrected chi connectivity index (χ1v) is 7.09. The smallest absolute Gasteiger partial charge is 0.343 e. The summed E-state index contributed by atoms with van der Waals surface area (Å²) in [5, 5.41) is 1.81. The van der Waals surface area contributed by atoms with Crippen LogP contribution in [0, 0.1) is 5.41 Å². The number of rotatable bonds is 4. The maximum atomic E-state index is 12.1. The van der Waals surface area contributed by atoms with Crippen molar-refractivity contribution in [2.75, 3.05) is 13.6 Å². The number of alkyl halides is 3. The molecular weight excluding hydrogens is 309 g/mol. The number of nitrogens with one attached hydrogen (secondary N) is 1. The zero-order chi connectivity index (χ0) is 17.8. The molecule has 1 N–H and O–H groups in total. The van der Waals surface area contributed by atoms with Crippen LogP contribution in [-0.2, 0) is 11.3 Å². The Morgan fingerprint density at radius 1 is 1.09 bits per heavy atom. The van der Waals surface area contributed by atoms with Crippen LogP contribution in [0.4, 0.5) is 13.2 Å². The second-order valence-electron chi connectivity index (χ2n) is 6.41. The van der Waals surface area contributed by atoms with Gasteiger partial charge < -0.3 is 10.2 Å². The number of hydrogen-bond acceptors (Lipinski definition) is 2. The number of carbonyl (C=O) groups excluding carboxylic acids is 2. The van der Waals surface area contributed by atoms with Gasteiger partial charge in [0, 0.05) is 24.6 Å². The van der Waals surface area contributed by atoms with E-state index >= 15 is 0 Å². The lowest BCUT2D eigenvalue weighted by atomic mass is 9.95. The molecule has 4 nitrogen and oxygen atoms in total. The fraction of sp³-hybridized carbons (Fsp3) is 0.500. The Kier molecular flexibility index (Phi) is 5.80. The van der Waals surface area contributed by atoms with E-state index in [1.165, 1.54) is 12.1 Å². The molecule has 128 valence electrons. The average molecular weight is 330 g/mol. The minimum Gasteiger partial charge on any atom is -0.343 e. The lowest BCUT2D eigenvalue weighted by molar-refractivity contribution is -0.138. The van der Waals surface area contributed by atoms with Crippen molar-refractivity contribution in [1.29, 1.82) is 0 Å². The second-order valence-corrected chi connectivity index (χ2v) is 6.41. The molecule has 0 heterocycles. The summed E-state index contributed by atoms with van der Waals surface area (Å²) >= 11 is 0. The molecule has 7 heteroatoms. The van der Waals surface area contributed by atoms with Crippen LogP contribution >= 0.6 is 0 Å². The van der Waals surface area contributed by atoms with Crippen molar-refractivity contribution in [1.82, 2.24) is 10.2 Å². The highest BCUT2D eigenvalue weighted by atomic mass is 19.4. The number of halogens is 3. The highest BCUT2D eigenvalue weighted by Gasteiger charge is 2.28. The minimum atomic E-state index is -4.44. The van der Waals surface area contributed by atoms with Crippen molar-refractivity contribution >= 4 is 11.8 Å². The minimum absolute atomic E-state index is 0.0236. The monoisotopic (exact) mass is 330 g/mol. The van der Waals surface area contributed by atoms with Crippen LogP contribution in [0.3, 0.4) is 0 Å². The Morgan fingerprint density at radius 2 is 1.61 bits per heavy atom. The molecule has 1 aromatic carbocycles. The van der Waals surface area contributed by atoms with Crippen LogP contribution < -0.4 is 5.32 Å². The first kappa shape index (κ1) is 19.0. The molecule has 0 atom stereocenters. The molecule has 0 saturated carbocycles. The van der Waals surface area contributed by atoms with Gasteiger partial charge in [-0.3, -0.25) is 9.59 Å². The fourth-order valence-electron chi connectivity index (χ4n) is 1.96. The first-order valence-electron chi connectivity index (χ1n) is 7.09. The van der Waals surface area contributed by atoms with E-state index in [9.17, 15) is 22.8 Å². The highest BCUT2D eigenvalue weighted by molar-refractivity contribution is 5.94. The van der Waals surface area contributed by atoms with E-state index in [2.05, 4.69) is 0 Å². The second kappa shape index (κ2) is 7.02. The van der Waals surface area contributed by atoms with E-state index in [1.807, 2.05) is 26.1 Å². The molecule has 23 heavy (non-hydrogen) atoms. The average Bonchev–Trinajstić information content (AvgIpc) is 2.43. The third-order valence-electron chi connectivity index (χ3n) is 3.07. The molecule has 1 rings (SSSR count). The van der Waals surface area contributed by atoms with E-state index in [4.69, 9.17) is 0 Å². The third kappa shape index (κ3) is 6.30. The molecule has 0 fully saturated rings. The number of nitrogens with zero attached hydrogens (tertiary/aromatic N) is 1. The van der Waals surface area contributed by atoms with Crippen LogP contribution in [0.25, 0.3) is 0 Å². The Morgan fingerprint density at radius 3 is 2.04 bits per heavy atom. The molecule has 1 aromatic rings.